The Morgan fingerprint density at radius 3 is 2.46 bits per heavy atom. The molecule has 5 nitrogen and oxygen atoms in total. The van der Waals surface area contributed by atoms with Crippen LogP contribution >= 0.6 is 0 Å². The van der Waals surface area contributed by atoms with Crippen molar-refractivity contribution in [2.24, 2.45) is 5.92 Å². The van der Waals surface area contributed by atoms with Crippen LogP contribution in [0.5, 0.6) is 0 Å². The minimum absolute atomic E-state index is 0.231. The summed E-state index contributed by atoms with van der Waals surface area (Å²) < 4.78 is 0. The van der Waals surface area contributed by atoms with Gasteiger partial charge in [-0.2, -0.15) is 0 Å². The second-order valence-electron chi connectivity index (χ2n) is 6.36. The fraction of sp³-hybridized carbons (Fsp3) is 0.421. The Balaban J connectivity index is 1.87. The first-order valence-corrected chi connectivity index (χ1v) is 8.49. The van der Waals surface area contributed by atoms with E-state index in [9.17, 15) is 4.79 Å². The van der Waals surface area contributed by atoms with E-state index in [4.69, 9.17) is 10.1 Å². The highest BCUT2D eigenvalue weighted by Gasteiger charge is 2.25. The molecule has 126 valence electrons. The Morgan fingerprint density at radius 2 is 1.88 bits per heavy atom. The molecule has 2 aromatic rings. The summed E-state index contributed by atoms with van der Waals surface area (Å²) >= 11 is 0. The van der Waals surface area contributed by atoms with Crippen molar-refractivity contribution in [3.8, 4) is 11.4 Å². The first-order valence-electron chi connectivity index (χ1n) is 8.49. The van der Waals surface area contributed by atoms with Crippen LogP contribution in [0.4, 0.5) is 5.82 Å². The van der Waals surface area contributed by atoms with E-state index in [-0.39, 0.29) is 5.92 Å². The summed E-state index contributed by atoms with van der Waals surface area (Å²) in [5.41, 5.74) is 3.23. The highest BCUT2D eigenvalue weighted by atomic mass is 16.4. The molecule has 0 bridgehead atoms. The smallest absolute Gasteiger partial charge is 0.306 e. The van der Waals surface area contributed by atoms with Gasteiger partial charge in [-0.1, -0.05) is 36.8 Å². The zero-order valence-electron chi connectivity index (χ0n) is 14.2. The lowest BCUT2D eigenvalue weighted by Gasteiger charge is -2.31. The van der Waals surface area contributed by atoms with E-state index in [0.29, 0.717) is 12.8 Å². The van der Waals surface area contributed by atoms with Crippen molar-refractivity contribution in [3.05, 3.63) is 41.6 Å². The molecule has 3 rings (SSSR count). The van der Waals surface area contributed by atoms with Crippen molar-refractivity contribution in [1.82, 2.24) is 9.97 Å². The van der Waals surface area contributed by atoms with Crippen LogP contribution in [0.1, 0.15) is 31.0 Å². The number of hydrogen-bond donors (Lipinski definition) is 1. The van der Waals surface area contributed by atoms with Crippen molar-refractivity contribution < 1.29 is 9.90 Å². The summed E-state index contributed by atoms with van der Waals surface area (Å²) in [6.45, 7) is 5.60. The van der Waals surface area contributed by atoms with Gasteiger partial charge in [0.05, 0.1) is 5.92 Å². The number of hydrogen-bond acceptors (Lipinski definition) is 4. The number of piperidine rings is 1. The summed E-state index contributed by atoms with van der Waals surface area (Å²) in [7, 11) is 0. The van der Waals surface area contributed by atoms with E-state index < -0.39 is 5.97 Å². The largest absolute Gasteiger partial charge is 0.481 e. The number of rotatable bonds is 4. The number of aryl methyl sites for hydroxylation is 2. The maximum atomic E-state index is 11.1. The number of carboxylic acid groups (broad SMARTS) is 1. The van der Waals surface area contributed by atoms with E-state index in [0.717, 1.165) is 42.4 Å². The Labute approximate surface area is 142 Å². The number of aliphatic carboxylic acids is 1. The maximum absolute atomic E-state index is 11.1. The second kappa shape index (κ2) is 6.99. The van der Waals surface area contributed by atoms with E-state index >= 15 is 0 Å². The number of nitrogens with zero attached hydrogens (tertiary/aromatic N) is 3. The van der Waals surface area contributed by atoms with Gasteiger partial charge in [0.1, 0.15) is 5.82 Å². The molecular formula is C19H23N3O2. The molecule has 0 amide bonds. The lowest BCUT2D eigenvalue weighted by molar-refractivity contribution is -0.142. The third kappa shape index (κ3) is 3.55. The average molecular weight is 325 g/mol. The fourth-order valence-electron chi connectivity index (χ4n) is 3.01. The quantitative estimate of drug-likeness (QED) is 0.934. The molecule has 1 fully saturated rings. The monoisotopic (exact) mass is 325 g/mol. The first kappa shape index (κ1) is 16.4. The molecule has 0 saturated carbocycles. The molecule has 1 saturated heterocycles. The molecule has 24 heavy (non-hydrogen) atoms. The van der Waals surface area contributed by atoms with Crippen molar-refractivity contribution in [2.75, 3.05) is 18.0 Å². The van der Waals surface area contributed by atoms with Crippen LogP contribution in [-0.4, -0.2) is 34.1 Å². The Bertz CT molecular complexity index is 720. The van der Waals surface area contributed by atoms with Crippen LogP contribution in [0.2, 0.25) is 0 Å². The Hall–Kier alpha value is -2.43. The fourth-order valence-corrected chi connectivity index (χ4v) is 3.01. The predicted molar refractivity (Wildman–Crippen MR) is 94.2 cm³/mol. The standard InChI is InChI=1S/C19H23N3O2/c1-3-16-12-17(22-10-8-15(9-11-22)19(23)24)21-18(20-16)14-6-4-13(2)5-7-14/h4-7,12,15H,3,8-11H2,1-2H3,(H,23,24). The summed E-state index contributed by atoms with van der Waals surface area (Å²) in [4.78, 5) is 22.7. The van der Waals surface area contributed by atoms with E-state index in [1.165, 1.54) is 5.56 Å². The van der Waals surface area contributed by atoms with Crippen LogP contribution in [0.15, 0.2) is 30.3 Å². The van der Waals surface area contributed by atoms with Gasteiger partial charge in [0.25, 0.3) is 0 Å². The molecule has 1 aliphatic heterocycles. The van der Waals surface area contributed by atoms with Gasteiger partial charge >= 0.3 is 5.97 Å². The number of benzene rings is 1. The third-order valence-corrected chi connectivity index (χ3v) is 4.61. The SMILES string of the molecule is CCc1cc(N2CCC(C(=O)O)CC2)nc(-c2ccc(C)cc2)n1. The molecule has 0 radical (unpaired) electrons. The minimum Gasteiger partial charge on any atom is -0.481 e. The molecule has 0 spiro atoms. The first-order chi connectivity index (χ1) is 11.6. The van der Waals surface area contributed by atoms with Gasteiger partial charge in [-0.15, -0.1) is 0 Å². The molecule has 1 N–H and O–H groups in total. The molecule has 0 aliphatic carbocycles. The minimum atomic E-state index is -0.688. The normalized spacial score (nSPS) is 15.5. The molecule has 1 aliphatic rings. The molecular weight excluding hydrogens is 302 g/mol. The van der Waals surface area contributed by atoms with Gasteiger partial charge in [-0.3, -0.25) is 4.79 Å². The lowest BCUT2D eigenvalue weighted by atomic mass is 9.97. The summed E-state index contributed by atoms with van der Waals surface area (Å²) in [5.74, 6) is 0.725. The van der Waals surface area contributed by atoms with Crippen molar-refractivity contribution in [3.63, 3.8) is 0 Å². The van der Waals surface area contributed by atoms with Gasteiger partial charge in [-0.25, -0.2) is 9.97 Å². The molecule has 0 unspecified atom stereocenters. The number of carboxylic acids is 1. The predicted octanol–water partition coefficient (Wildman–Crippen LogP) is 3.32. The van der Waals surface area contributed by atoms with Crippen molar-refractivity contribution >= 4 is 11.8 Å². The zero-order valence-corrected chi connectivity index (χ0v) is 14.2. The summed E-state index contributed by atoms with van der Waals surface area (Å²) in [6, 6.07) is 10.2. The van der Waals surface area contributed by atoms with E-state index in [2.05, 4.69) is 35.9 Å². The summed E-state index contributed by atoms with van der Waals surface area (Å²) in [6.07, 6.45) is 2.18. The van der Waals surface area contributed by atoms with Gasteiger partial charge < -0.3 is 10.0 Å². The Kier molecular flexibility index (Phi) is 4.79. The number of anilines is 1. The highest BCUT2D eigenvalue weighted by molar-refractivity contribution is 5.70. The summed E-state index contributed by atoms with van der Waals surface area (Å²) in [5, 5.41) is 9.15. The van der Waals surface area contributed by atoms with Gasteiger partial charge in [0.2, 0.25) is 0 Å². The van der Waals surface area contributed by atoms with Crippen LogP contribution in [-0.2, 0) is 11.2 Å². The third-order valence-electron chi connectivity index (χ3n) is 4.61. The van der Waals surface area contributed by atoms with Crippen molar-refractivity contribution in [1.29, 1.82) is 0 Å². The van der Waals surface area contributed by atoms with Gasteiger partial charge in [-0.05, 0) is 26.2 Å². The molecule has 1 aromatic carbocycles. The number of carbonyl (C=O) groups is 1. The topological polar surface area (TPSA) is 66.3 Å². The second-order valence-corrected chi connectivity index (χ2v) is 6.36. The molecule has 1 aromatic heterocycles. The van der Waals surface area contributed by atoms with Crippen LogP contribution in [0.25, 0.3) is 11.4 Å². The number of aromatic nitrogens is 2. The lowest BCUT2D eigenvalue weighted by Crippen LogP contribution is -2.37. The van der Waals surface area contributed by atoms with Gasteiger partial charge in [0.15, 0.2) is 5.82 Å². The van der Waals surface area contributed by atoms with Crippen molar-refractivity contribution in [2.45, 2.75) is 33.1 Å². The van der Waals surface area contributed by atoms with Crippen LogP contribution < -0.4 is 4.90 Å². The zero-order chi connectivity index (χ0) is 17.1. The molecule has 0 atom stereocenters. The average Bonchev–Trinajstić information content (AvgIpc) is 2.62. The van der Waals surface area contributed by atoms with E-state index in [1.54, 1.807) is 0 Å². The molecule has 5 heteroatoms. The van der Waals surface area contributed by atoms with Crippen LogP contribution in [0.3, 0.4) is 0 Å². The Morgan fingerprint density at radius 1 is 1.21 bits per heavy atom. The highest BCUT2D eigenvalue weighted by Crippen LogP contribution is 2.25. The van der Waals surface area contributed by atoms with Gasteiger partial charge in [0, 0.05) is 30.4 Å². The molecule has 2 heterocycles. The van der Waals surface area contributed by atoms with E-state index in [1.807, 2.05) is 18.2 Å². The van der Waals surface area contributed by atoms with Crippen LogP contribution in [0, 0.1) is 12.8 Å². The maximum Gasteiger partial charge on any atom is 0.306 e.